The number of nitrogens with one attached hydrogen (secondary N) is 2. The molecule has 0 aliphatic carbocycles. The molecule has 0 aromatic carbocycles. The fourth-order valence-electron chi connectivity index (χ4n) is 2.39. The predicted molar refractivity (Wildman–Crippen MR) is 81.9 cm³/mol. The molecule has 1 aliphatic rings. The number of aromatic nitrogens is 3. The Bertz CT molecular complexity index is 704. The van der Waals surface area contributed by atoms with Gasteiger partial charge in [0.15, 0.2) is 5.82 Å². The first-order valence-electron chi connectivity index (χ1n) is 7.28. The molecule has 1 aliphatic heterocycles. The topological polar surface area (TPSA) is 100 Å². The van der Waals surface area contributed by atoms with Crippen molar-refractivity contribution in [1.82, 2.24) is 25.2 Å². The number of methoxy groups -OCH3 is 1. The van der Waals surface area contributed by atoms with Crippen LogP contribution in [0.15, 0.2) is 24.7 Å². The number of piperazine rings is 1. The number of amides is 1. The third-order valence-electron chi connectivity index (χ3n) is 3.65. The second-order valence-corrected chi connectivity index (χ2v) is 5.13. The molecule has 1 amide bonds. The maximum Gasteiger partial charge on any atom is 0.339 e. The Morgan fingerprint density at radius 2 is 1.87 bits per heavy atom. The molecule has 3 heterocycles. The van der Waals surface area contributed by atoms with Crippen LogP contribution in [-0.2, 0) is 4.74 Å². The Morgan fingerprint density at radius 3 is 2.52 bits per heavy atom. The average Bonchev–Trinajstić information content (AvgIpc) is 3.11. The van der Waals surface area contributed by atoms with E-state index in [-0.39, 0.29) is 5.91 Å². The van der Waals surface area contributed by atoms with E-state index in [4.69, 9.17) is 0 Å². The highest BCUT2D eigenvalue weighted by molar-refractivity contribution is 5.94. The van der Waals surface area contributed by atoms with Crippen molar-refractivity contribution in [2.24, 2.45) is 0 Å². The van der Waals surface area contributed by atoms with Crippen molar-refractivity contribution < 1.29 is 14.3 Å². The standard InChI is InChI=1S/C15H17N5O3/c1-23-15(22)10-6-12(17-7-10)13-18-8-11(9-19-13)14(21)20-4-2-16-3-5-20/h6-9,16-17H,2-5H2,1H3. The number of rotatable bonds is 3. The third kappa shape index (κ3) is 3.21. The van der Waals surface area contributed by atoms with E-state index in [1.54, 1.807) is 11.0 Å². The van der Waals surface area contributed by atoms with Crippen LogP contribution in [0, 0.1) is 0 Å². The minimum atomic E-state index is -0.432. The van der Waals surface area contributed by atoms with Gasteiger partial charge in [0.05, 0.1) is 23.9 Å². The van der Waals surface area contributed by atoms with Gasteiger partial charge in [-0.15, -0.1) is 0 Å². The van der Waals surface area contributed by atoms with Gasteiger partial charge in [-0.25, -0.2) is 14.8 Å². The van der Waals surface area contributed by atoms with E-state index in [1.807, 2.05) is 0 Å². The number of hydrogen-bond acceptors (Lipinski definition) is 6. The van der Waals surface area contributed by atoms with Crippen LogP contribution < -0.4 is 5.32 Å². The Labute approximate surface area is 132 Å². The van der Waals surface area contributed by atoms with Gasteiger partial charge in [-0.1, -0.05) is 0 Å². The zero-order valence-electron chi connectivity index (χ0n) is 12.7. The van der Waals surface area contributed by atoms with Gasteiger partial charge in [0, 0.05) is 44.8 Å². The molecule has 0 atom stereocenters. The third-order valence-corrected chi connectivity index (χ3v) is 3.65. The van der Waals surface area contributed by atoms with Crippen LogP contribution in [0.2, 0.25) is 0 Å². The highest BCUT2D eigenvalue weighted by Gasteiger charge is 2.19. The summed E-state index contributed by atoms with van der Waals surface area (Å²) >= 11 is 0. The summed E-state index contributed by atoms with van der Waals surface area (Å²) in [5, 5.41) is 3.20. The Hall–Kier alpha value is -2.74. The molecule has 8 nitrogen and oxygen atoms in total. The van der Waals surface area contributed by atoms with Crippen molar-refractivity contribution >= 4 is 11.9 Å². The lowest BCUT2D eigenvalue weighted by Gasteiger charge is -2.27. The molecule has 0 bridgehead atoms. The highest BCUT2D eigenvalue weighted by Crippen LogP contribution is 2.15. The largest absolute Gasteiger partial charge is 0.465 e. The minimum Gasteiger partial charge on any atom is -0.465 e. The minimum absolute atomic E-state index is 0.0696. The number of aromatic amines is 1. The lowest BCUT2D eigenvalue weighted by molar-refractivity contribution is 0.0600. The first kappa shape index (κ1) is 15.2. The second-order valence-electron chi connectivity index (χ2n) is 5.13. The van der Waals surface area contributed by atoms with Gasteiger partial charge in [-0.2, -0.15) is 0 Å². The van der Waals surface area contributed by atoms with Gasteiger partial charge >= 0.3 is 5.97 Å². The van der Waals surface area contributed by atoms with E-state index >= 15 is 0 Å². The lowest BCUT2D eigenvalue weighted by atomic mass is 10.2. The molecular formula is C15H17N5O3. The van der Waals surface area contributed by atoms with Gasteiger partial charge < -0.3 is 19.9 Å². The zero-order chi connectivity index (χ0) is 16.2. The molecule has 1 fully saturated rings. The Balaban J connectivity index is 1.75. The second kappa shape index (κ2) is 6.57. The summed E-state index contributed by atoms with van der Waals surface area (Å²) in [6.45, 7) is 2.95. The summed E-state index contributed by atoms with van der Waals surface area (Å²) in [6.07, 6.45) is 4.54. The van der Waals surface area contributed by atoms with Crippen LogP contribution in [0.3, 0.4) is 0 Å². The van der Waals surface area contributed by atoms with E-state index in [2.05, 4.69) is 25.0 Å². The van der Waals surface area contributed by atoms with Crippen molar-refractivity contribution in [1.29, 1.82) is 0 Å². The van der Waals surface area contributed by atoms with E-state index in [9.17, 15) is 9.59 Å². The van der Waals surface area contributed by atoms with E-state index in [0.717, 1.165) is 13.1 Å². The van der Waals surface area contributed by atoms with Crippen molar-refractivity contribution in [3.8, 4) is 11.5 Å². The lowest BCUT2D eigenvalue weighted by Crippen LogP contribution is -2.46. The quantitative estimate of drug-likeness (QED) is 0.790. The number of hydrogen-bond donors (Lipinski definition) is 2. The van der Waals surface area contributed by atoms with Crippen LogP contribution in [0.5, 0.6) is 0 Å². The van der Waals surface area contributed by atoms with Gasteiger partial charge in [-0.3, -0.25) is 4.79 Å². The maximum atomic E-state index is 12.3. The normalized spacial score (nSPS) is 14.6. The van der Waals surface area contributed by atoms with Crippen molar-refractivity contribution in [2.45, 2.75) is 0 Å². The first-order chi connectivity index (χ1) is 11.2. The fraction of sp³-hybridized carbons (Fsp3) is 0.333. The fourth-order valence-corrected chi connectivity index (χ4v) is 2.39. The number of ether oxygens (including phenoxy) is 1. The number of esters is 1. The first-order valence-corrected chi connectivity index (χ1v) is 7.28. The van der Waals surface area contributed by atoms with Crippen molar-refractivity contribution in [3.05, 3.63) is 35.8 Å². The van der Waals surface area contributed by atoms with Gasteiger partial charge in [-0.05, 0) is 6.07 Å². The summed E-state index contributed by atoms with van der Waals surface area (Å²) in [6, 6.07) is 1.61. The SMILES string of the molecule is COC(=O)c1c[nH]c(-c2ncc(C(=O)N3CCNCC3)cn2)c1. The Morgan fingerprint density at radius 1 is 1.17 bits per heavy atom. The number of nitrogens with zero attached hydrogens (tertiary/aromatic N) is 3. The smallest absolute Gasteiger partial charge is 0.339 e. The molecule has 2 aromatic heterocycles. The molecule has 120 valence electrons. The molecule has 3 rings (SSSR count). The maximum absolute atomic E-state index is 12.3. The van der Waals surface area contributed by atoms with Crippen LogP contribution in [-0.4, -0.2) is 65.0 Å². The van der Waals surface area contributed by atoms with E-state index < -0.39 is 5.97 Å². The van der Waals surface area contributed by atoms with E-state index in [0.29, 0.717) is 35.7 Å². The van der Waals surface area contributed by atoms with Gasteiger partial charge in [0.1, 0.15) is 0 Å². The monoisotopic (exact) mass is 315 g/mol. The Kier molecular flexibility index (Phi) is 4.33. The molecule has 2 N–H and O–H groups in total. The molecule has 8 heteroatoms. The summed E-state index contributed by atoms with van der Waals surface area (Å²) in [5.41, 5.74) is 1.44. The number of H-pyrrole nitrogens is 1. The molecule has 1 saturated heterocycles. The highest BCUT2D eigenvalue weighted by atomic mass is 16.5. The summed E-state index contributed by atoms with van der Waals surface area (Å²) in [7, 11) is 1.32. The van der Waals surface area contributed by atoms with Gasteiger partial charge in [0.25, 0.3) is 5.91 Å². The van der Waals surface area contributed by atoms with Crippen LogP contribution in [0.4, 0.5) is 0 Å². The predicted octanol–water partition coefficient (Wildman–Crippen LogP) is 0.304. The van der Waals surface area contributed by atoms with Crippen molar-refractivity contribution in [3.63, 3.8) is 0 Å². The molecule has 0 radical (unpaired) electrons. The zero-order valence-corrected chi connectivity index (χ0v) is 12.7. The van der Waals surface area contributed by atoms with Crippen LogP contribution in [0.25, 0.3) is 11.5 Å². The molecule has 23 heavy (non-hydrogen) atoms. The molecular weight excluding hydrogens is 298 g/mol. The molecule has 2 aromatic rings. The van der Waals surface area contributed by atoms with Crippen LogP contribution in [0.1, 0.15) is 20.7 Å². The number of carbonyl (C=O) groups is 2. The van der Waals surface area contributed by atoms with Crippen LogP contribution >= 0.6 is 0 Å². The molecule has 0 spiro atoms. The molecule has 0 saturated carbocycles. The number of carbonyl (C=O) groups excluding carboxylic acids is 2. The molecule has 0 unspecified atom stereocenters. The average molecular weight is 315 g/mol. The van der Waals surface area contributed by atoms with Crippen molar-refractivity contribution in [2.75, 3.05) is 33.3 Å². The summed E-state index contributed by atoms with van der Waals surface area (Å²) < 4.78 is 4.65. The summed E-state index contributed by atoms with van der Waals surface area (Å²) in [5.74, 6) is -0.0881. The summed E-state index contributed by atoms with van der Waals surface area (Å²) in [4.78, 5) is 36.9. The van der Waals surface area contributed by atoms with E-state index in [1.165, 1.54) is 25.7 Å². The van der Waals surface area contributed by atoms with Gasteiger partial charge in [0.2, 0.25) is 0 Å².